The van der Waals surface area contributed by atoms with E-state index in [-0.39, 0.29) is 23.6 Å². The zero-order valence-corrected chi connectivity index (χ0v) is 19.2. The molecule has 3 aliphatic rings. The summed E-state index contributed by atoms with van der Waals surface area (Å²) in [5.41, 5.74) is 0.158. The van der Waals surface area contributed by atoms with Gasteiger partial charge in [0.2, 0.25) is 0 Å². The Bertz CT molecular complexity index is 567. The number of aliphatic carboxylic acids is 1. The van der Waals surface area contributed by atoms with E-state index >= 15 is 0 Å². The zero-order chi connectivity index (χ0) is 21.7. The van der Waals surface area contributed by atoms with Crippen molar-refractivity contribution in [3.8, 4) is 0 Å². The van der Waals surface area contributed by atoms with Crippen LogP contribution in [0.3, 0.4) is 0 Å². The lowest BCUT2D eigenvalue weighted by molar-refractivity contribution is -0.167. The normalized spacial score (nSPS) is 33.8. The van der Waals surface area contributed by atoms with Gasteiger partial charge in [0.15, 0.2) is 0 Å². The van der Waals surface area contributed by atoms with E-state index in [0.717, 1.165) is 38.7 Å². The molecular weight excluding hydrogens is 380 g/mol. The Balaban J connectivity index is 1.51. The van der Waals surface area contributed by atoms with Crippen LogP contribution in [0.2, 0.25) is 0 Å². The summed E-state index contributed by atoms with van der Waals surface area (Å²) in [6.07, 6.45) is 12.2. The third-order valence-electron chi connectivity index (χ3n) is 7.48. The van der Waals surface area contributed by atoms with E-state index in [9.17, 15) is 14.7 Å². The molecule has 3 saturated carbocycles. The topological polar surface area (TPSA) is 72.8 Å². The van der Waals surface area contributed by atoms with Crippen molar-refractivity contribution in [3.63, 3.8) is 0 Å². The predicted molar refractivity (Wildman–Crippen MR) is 116 cm³/mol. The maximum Gasteiger partial charge on any atom is 0.310 e. The highest BCUT2D eigenvalue weighted by atomic mass is 16.5. The molecule has 0 saturated heterocycles. The average molecular weight is 423 g/mol. The van der Waals surface area contributed by atoms with E-state index < -0.39 is 17.8 Å². The molecule has 0 radical (unpaired) electrons. The first kappa shape index (κ1) is 23.6. The van der Waals surface area contributed by atoms with Gasteiger partial charge in [-0.25, -0.2) is 0 Å². The quantitative estimate of drug-likeness (QED) is 0.564. The first-order valence-corrected chi connectivity index (χ1v) is 12.3. The summed E-state index contributed by atoms with van der Waals surface area (Å²) in [5, 5.41) is 9.70. The van der Waals surface area contributed by atoms with Gasteiger partial charge in [-0.2, -0.15) is 0 Å². The molecule has 30 heavy (non-hydrogen) atoms. The first-order chi connectivity index (χ1) is 14.2. The Morgan fingerprint density at radius 1 is 0.800 bits per heavy atom. The number of hydrogen-bond donors (Lipinski definition) is 1. The van der Waals surface area contributed by atoms with Crippen LogP contribution in [-0.2, 0) is 19.1 Å². The second-order valence-corrected chi connectivity index (χ2v) is 11.2. The second kappa shape index (κ2) is 10.5. The molecule has 0 aromatic carbocycles. The minimum absolute atomic E-state index is 0.0866. The maximum absolute atomic E-state index is 13.0. The molecule has 0 aliphatic heterocycles. The first-order valence-electron chi connectivity index (χ1n) is 12.3. The van der Waals surface area contributed by atoms with Crippen LogP contribution in [-0.4, -0.2) is 35.9 Å². The second-order valence-electron chi connectivity index (χ2n) is 11.2. The van der Waals surface area contributed by atoms with Gasteiger partial charge in [0.25, 0.3) is 0 Å². The molecular formula is C25H42O5. The van der Waals surface area contributed by atoms with Gasteiger partial charge in [-0.05, 0) is 62.2 Å². The van der Waals surface area contributed by atoms with Crippen molar-refractivity contribution in [2.75, 3.05) is 6.61 Å². The number of esters is 1. The van der Waals surface area contributed by atoms with Gasteiger partial charge in [0.05, 0.1) is 24.5 Å². The molecule has 0 spiro atoms. The van der Waals surface area contributed by atoms with Crippen molar-refractivity contribution in [2.24, 2.45) is 29.1 Å². The molecule has 0 bridgehead atoms. The van der Waals surface area contributed by atoms with Gasteiger partial charge in [-0.15, -0.1) is 0 Å². The van der Waals surface area contributed by atoms with Crippen molar-refractivity contribution in [1.82, 2.24) is 0 Å². The van der Waals surface area contributed by atoms with Crippen LogP contribution in [0.4, 0.5) is 0 Å². The minimum Gasteiger partial charge on any atom is -0.481 e. The highest BCUT2D eigenvalue weighted by Crippen LogP contribution is 2.43. The summed E-state index contributed by atoms with van der Waals surface area (Å²) in [7, 11) is 0. The van der Waals surface area contributed by atoms with E-state index in [4.69, 9.17) is 9.47 Å². The molecule has 1 N–H and O–H groups in total. The molecule has 3 rings (SSSR count). The number of carboxylic acid groups (broad SMARTS) is 1. The fraction of sp³-hybridized carbons (Fsp3) is 0.920. The van der Waals surface area contributed by atoms with Gasteiger partial charge >= 0.3 is 11.9 Å². The van der Waals surface area contributed by atoms with Crippen LogP contribution in [0.15, 0.2) is 0 Å². The van der Waals surface area contributed by atoms with E-state index in [1.54, 1.807) is 0 Å². The lowest BCUT2D eigenvalue weighted by Gasteiger charge is -2.39. The lowest BCUT2D eigenvalue weighted by atomic mass is 9.67. The van der Waals surface area contributed by atoms with Gasteiger partial charge in [0.1, 0.15) is 6.10 Å². The van der Waals surface area contributed by atoms with Crippen LogP contribution >= 0.6 is 0 Å². The molecule has 3 fully saturated rings. The van der Waals surface area contributed by atoms with Crippen LogP contribution in [0.25, 0.3) is 0 Å². The molecule has 0 heterocycles. The molecule has 3 atom stereocenters. The maximum atomic E-state index is 13.0. The molecule has 3 aliphatic carbocycles. The van der Waals surface area contributed by atoms with Crippen LogP contribution in [0, 0.1) is 29.1 Å². The largest absolute Gasteiger partial charge is 0.481 e. The summed E-state index contributed by atoms with van der Waals surface area (Å²) in [6, 6.07) is 0. The Kier molecular flexibility index (Phi) is 8.23. The Labute approximate surface area is 182 Å². The van der Waals surface area contributed by atoms with E-state index in [2.05, 4.69) is 20.8 Å². The van der Waals surface area contributed by atoms with Crippen molar-refractivity contribution in [3.05, 3.63) is 0 Å². The molecule has 5 nitrogen and oxygen atoms in total. The summed E-state index contributed by atoms with van der Waals surface area (Å²) in [6.45, 7) is 7.26. The fourth-order valence-electron chi connectivity index (χ4n) is 5.73. The molecule has 172 valence electrons. The third kappa shape index (κ3) is 6.70. The minimum atomic E-state index is -0.835. The predicted octanol–water partition coefficient (Wildman–Crippen LogP) is 5.60. The van der Waals surface area contributed by atoms with Crippen molar-refractivity contribution in [1.29, 1.82) is 0 Å². The van der Waals surface area contributed by atoms with Crippen LogP contribution < -0.4 is 0 Å². The SMILES string of the molecule is CC(C)(C)COC1CCC(OC(=O)C2CC(C3CCCCC3)CCC2C(=O)O)CC1. The zero-order valence-electron chi connectivity index (χ0n) is 19.2. The molecule has 3 unspecified atom stereocenters. The highest BCUT2D eigenvalue weighted by molar-refractivity contribution is 5.81. The van der Waals surface area contributed by atoms with Crippen molar-refractivity contribution in [2.45, 2.75) is 110 Å². The summed E-state index contributed by atoms with van der Waals surface area (Å²) in [4.78, 5) is 24.8. The fourth-order valence-corrected chi connectivity index (χ4v) is 5.73. The molecule has 0 aromatic rings. The summed E-state index contributed by atoms with van der Waals surface area (Å²) < 4.78 is 11.9. The highest BCUT2D eigenvalue weighted by Gasteiger charge is 2.43. The monoisotopic (exact) mass is 422 g/mol. The Morgan fingerprint density at radius 3 is 2.03 bits per heavy atom. The van der Waals surface area contributed by atoms with Crippen molar-refractivity contribution < 1.29 is 24.2 Å². The van der Waals surface area contributed by atoms with Gasteiger partial charge in [-0.3, -0.25) is 9.59 Å². The van der Waals surface area contributed by atoms with Crippen LogP contribution in [0.5, 0.6) is 0 Å². The average Bonchev–Trinajstić information content (AvgIpc) is 2.73. The standard InChI is InChI=1S/C25H42O5/c1-25(2,3)16-29-19-10-12-20(13-11-19)30-24(28)22-15-18(9-14-21(22)23(26)27)17-7-5-4-6-8-17/h17-22H,4-16H2,1-3H3,(H,26,27). The summed E-state index contributed by atoms with van der Waals surface area (Å²) >= 11 is 0. The van der Waals surface area contributed by atoms with Gasteiger partial charge < -0.3 is 14.6 Å². The van der Waals surface area contributed by atoms with E-state index in [1.165, 1.54) is 32.1 Å². The summed E-state index contributed by atoms with van der Waals surface area (Å²) in [5.74, 6) is -0.999. The Morgan fingerprint density at radius 2 is 1.43 bits per heavy atom. The molecule has 5 heteroatoms. The number of carbonyl (C=O) groups is 2. The number of rotatable bonds is 6. The van der Waals surface area contributed by atoms with Gasteiger partial charge in [0, 0.05) is 0 Å². The number of ether oxygens (including phenoxy) is 2. The lowest BCUT2D eigenvalue weighted by Crippen LogP contribution is -2.40. The smallest absolute Gasteiger partial charge is 0.310 e. The van der Waals surface area contributed by atoms with Crippen LogP contribution in [0.1, 0.15) is 97.8 Å². The van der Waals surface area contributed by atoms with Crippen molar-refractivity contribution >= 4 is 11.9 Å². The number of carboxylic acids is 1. The molecule has 0 amide bonds. The number of hydrogen-bond acceptors (Lipinski definition) is 4. The van der Waals surface area contributed by atoms with E-state index in [1.807, 2.05) is 0 Å². The Hall–Kier alpha value is -1.10. The van der Waals surface area contributed by atoms with E-state index in [0.29, 0.717) is 24.7 Å². The third-order valence-corrected chi connectivity index (χ3v) is 7.48. The number of carbonyl (C=O) groups excluding carboxylic acids is 1. The molecule has 0 aromatic heterocycles. The van der Waals surface area contributed by atoms with Gasteiger partial charge in [-0.1, -0.05) is 52.9 Å².